The highest BCUT2D eigenvalue weighted by Crippen LogP contribution is 2.40. The summed E-state index contributed by atoms with van der Waals surface area (Å²) in [5, 5.41) is 4.23. The Morgan fingerprint density at radius 1 is 0.692 bits per heavy atom. The molecule has 5 rings (SSSR count). The van der Waals surface area contributed by atoms with Crippen LogP contribution >= 0.6 is 0 Å². The number of rotatable bonds is 0. The third-order valence-electron chi connectivity index (χ3n) is 5.06. The summed E-state index contributed by atoms with van der Waals surface area (Å²) in [6, 6.07) is 13.3. The van der Waals surface area contributed by atoms with Crippen molar-refractivity contribution in [3.63, 3.8) is 0 Å². The molecule has 0 aliphatic rings. The highest BCUT2D eigenvalue weighted by molar-refractivity contribution is 6.26. The first kappa shape index (κ1) is 15.1. The molecule has 0 atom stereocenters. The lowest BCUT2D eigenvalue weighted by Crippen LogP contribution is -2.19. The Balaban J connectivity index is 2.23. The minimum Gasteiger partial charge on any atom is -0.456 e. The van der Waals surface area contributed by atoms with E-state index in [0.29, 0.717) is 21.7 Å². The van der Waals surface area contributed by atoms with Crippen LogP contribution in [0.15, 0.2) is 60.9 Å². The zero-order valence-electron chi connectivity index (χ0n) is 14.7. The van der Waals surface area contributed by atoms with Crippen LogP contribution in [0.3, 0.4) is 0 Å². The van der Waals surface area contributed by atoms with Gasteiger partial charge in [0, 0.05) is 16.2 Å². The van der Waals surface area contributed by atoms with Crippen LogP contribution < -0.4 is 11.3 Å². The first-order valence-electron chi connectivity index (χ1n) is 8.54. The molecular weight excluding hydrogens is 328 g/mol. The summed E-state index contributed by atoms with van der Waals surface area (Å²) < 4.78 is 11.2. The molecule has 0 unspecified atom stereocenters. The molecule has 0 N–H and O–H groups in total. The maximum atomic E-state index is 12.6. The quantitative estimate of drug-likeness (QED) is 0.295. The van der Waals surface area contributed by atoms with E-state index < -0.39 is 11.3 Å². The Labute approximate surface area is 148 Å². The average molecular weight is 344 g/mol. The lowest BCUT2D eigenvalue weighted by molar-refractivity contribution is 0.486. The maximum Gasteiger partial charge on any atom is 0.346 e. The molecular formula is C22H16O4. The fourth-order valence-corrected chi connectivity index (χ4v) is 3.89. The Kier molecular flexibility index (Phi) is 2.75. The molecule has 2 heterocycles. The van der Waals surface area contributed by atoms with Crippen LogP contribution in [0.5, 0.6) is 0 Å². The zero-order chi connectivity index (χ0) is 18.2. The monoisotopic (exact) mass is 344 g/mol. The second-order valence-electron chi connectivity index (χ2n) is 7.73. The fourth-order valence-electron chi connectivity index (χ4n) is 3.89. The number of benzene rings is 3. The van der Waals surface area contributed by atoms with Gasteiger partial charge in [0.25, 0.3) is 0 Å². The van der Waals surface area contributed by atoms with Gasteiger partial charge in [-0.25, -0.2) is 9.59 Å². The molecule has 0 fully saturated rings. The van der Waals surface area contributed by atoms with E-state index in [4.69, 9.17) is 8.83 Å². The second kappa shape index (κ2) is 4.73. The van der Waals surface area contributed by atoms with Gasteiger partial charge in [-0.3, -0.25) is 0 Å². The number of para-hydroxylation sites is 1. The molecule has 0 amide bonds. The molecule has 4 nitrogen and oxygen atoms in total. The molecule has 0 bridgehead atoms. The minimum absolute atomic E-state index is 0.312. The van der Waals surface area contributed by atoms with E-state index in [2.05, 4.69) is 0 Å². The van der Waals surface area contributed by atoms with E-state index in [1.165, 1.54) is 0 Å². The number of hydrogen-bond acceptors (Lipinski definition) is 4. The molecule has 4 heteroatoms. The van der Waals surface area contributed by atoms with Gasteiger partial charge in [-0.15, -0.1) is 0 Å². The molecule has 0 aliphatic carbocycles. The van der Waals surface area contributed by atoms with Crippen molar-refractivity contribution in [1.82, 2.24) is 0 Å². The van der Waals surface area contributed by atoms with Crippen LogP contribution in [-0.2, 0) is 5.41 Å². The van der Waals surface area contributed by atoms with Gasteiger partial charge in [0.1, 0.15) is 11.2 Å². The van der Waals surface area contributed by atoms with E-state index in [1.54, 1.807) is 6.07 Å². The van der Waals surface area contributed by atoms with E-state index in [0.717, 1.165) is 27.3 Å². The molecule has 128 valence electrons. The van der Waals surface area contributed by atoms with Gasteiger partial charge in [0.05, 0.1) is 10.8 Å². The van der Waals surface area contributed by atoms with Crippen molar-refractivity contribution in [2.45, 2.75) is 26.2 Å². The molecule has 0 saturated heterocycles. The van der Waals surface area contributed by atoms with Crippen molar-refractivity contribution in [1.29, 1.82) is 0 Å². The molecule has 26 heavy (non-hydrogen) atoms. The van der Waals surface area contributed by atoms with Gasteiger partial charge in [0.2, 0.25) is 0 Å². The Morgan fingerprint density at radius 2 is 1.42 bits per heavy atom. The summed E-state index contributed by atoms with van der Waals surface area (Å²) in [5.41, 5.74) is 0.752. The highest BCUT2D eigenvalue weighted by atomic mass is 16.4. The van der Waals surface area contributed by atoms with Crippen LogP contribution in [0.1, 0.15) is 26.3 Å². The van der Waals surface area contributed by atoms with Crippen molar-refractivity contribution in [3.05, 3.63) is 68.9 Å². The van der Waals surface area contributed by atoms with E-state index in [-0.39, 0.29) is 5.41 Å². The smallest absolute Gasteiger partial charge is 0.346 e. The molecule has 0 spiro atoms. The van der Waals surface area contributed by atoms with Gasteiger partial charge in [-0.05, 0) is 34.6 Å². The second-order valence-corrected chi connectivity index (χ2v) is 7.73. The molecule has 0 radical (unpaired) electrons. The summed E-state index contributed by atoms with van der Waals surface area (Å²) in [6.07, 6.45) is 0. The van der Waals surface area contributed by atoms with Gasteiger partial charge in [-0.1, -0.05) is 45.0 Å². The van der Waals surface area contributed by atoms with Gasteiger partial charge < -0.3 is 8.83 Å². The molecule has 3 aromatic carbocycles. The lowest BCUT2D eigenvalue weighted by atomic mass is 9.82. The zero-order valence-corrected chi connectivity index (χ0v) is 14.7. The van der Waals surface area contributed by atoms with Crippen LogP contribution in [0.4, 0.5) is 0 Å². The van der Waals surface area contributed by atoms with Crippen molar-refractivity contribution in [3.8, 4) is 0 Å². The summed E-state index contributed by atoms with van der Waals surface area (Å²) in [4.78, 5) is 25.0. The van der Waals surface area contributed by atoms with Crippen LogP contribution in [0.2, 0.25) is 0 Å². The van der Waals surface area contributed by atoms with E-state index >= 15 is 0 Å². The van der Waals surface area contributed by atoms with E-state index in [1.807, 2.05) is 57.2 Å². The van der Waals surface area contributed by atoms with Crippen LogP contribution in [0.25, 0.3) is 43.5 Å². The predicted molar refractivity (Wildman–Crippen MR) is 103 cm³/mol. The summed E-state index contributed by atoms with van der Waals surface area (Å²) in [6.45, 7) is 6.09. The van der Waals surface area contributed by atoms with Gasteiger partial charge in [-0.2, -0.15) is 0 Å². The molecule has 2 aromatic heterocycles. The summed E-state index contributed by atoms with van der Waals surface area (Å²) >= 11 is 0. The minimum atomic E-state index is -0.607. The normalized spacial score (nSPS) is 12.7. The topological polar surface area (TPSA) is 60.4 Å². The standard InChI is InChI=1S/C22H16O4/c1-22(2,3)14-10-16-17-12(11-6-4-5-7-15(11)25-16)8-9-13-18(17)19(14)21(24)26-20(13)23/h4-10H,1-3H3. The fraction of sp³-hybridized carbons (Fsp3) is 0.182. The van der Waals surface area contributed by atoms with E-state index in [9.17, 15) is 9.59 Å². The lowest BCUT2D eigenvalue weighted by Gasteiger charge is -2.22. The molecule has 0 saturated carbocycles. The van der Waals surface area contributed by atoms with Crippen LogP contribution in [0, 0.1) is 0 Å². The summed E-state index contributed by atoms with van der Waals surface area (Å²) in [5.74, 6) is 0. The highest BCUT2D eigenvalue weighted by Gasteiger charge is 2.25. The van der Waals surface area contributed by atoms with Gasteiger partial charge >= 0.3 is 11.3 Å². The number of fused-ring (bicyclic) bond motifs is 2. The largest absolute Gasteiger partial charge is 0.456 e. The number of hydrogen-bond donors (Lipinski definition) is 0. The van der Waals surface area contributed by atoms with Crippen molar-refractivity contribution in [2.24, 2.45) is 0 Å². The first-order valence-corrected chi connectivity index (χ1v) is 8.54. The van der Waals surface area contributed by atoms with Crippen molar-refractivity contribution < 1.29 is 8.83 Å². The van der Waals surface area contributed by atoms with Crippen molar-refractivity contribution in [2.75, 3.05) is 0 Å². The predicted octanol–water partition coefficient (Wildman–Crippen LogP) is 4.94. The molecule has 0 aliphatic heterocycles. The van der Waals surface area contributed by atoms with Crippen LogP contribution in [-0.4, -0.2) is 0 Å². The van der Waals surface area contributed by atoms with Crippen molar-refractivity contribution >= 4 is 43.5 Å². The summed E-state index contributed by atoms with van der Waals surface area (Å²) in [7, 11) is 0. The third kappa shape index (κ3) is 1.84. The third-order valence-corrected chi connectivity index (χ3v) is 5.06. The first-order chi connectivity index (χ1) is 12.4. The Hall–Kier alpha value is -3.14. The Morgan fingerprint density at radius 3 is 2.19 bits per heavy atom. The maximum absolute atomic E-state index is 12.6. The average Bonchev–Trinajstić information content (AvgIpc) is 2.59. The van der Waals surface area contributed by atoms with Gasteiger partial charge in [0.15, 0.2) is 0 Å². The Bertz CT molecular complexity index is 1450. The molecule has 5 aromatic rings. The SMILES string of the molecule is CC(C)(C)c1cc2oc3ccccc3c3ccc4c(=O)oc(=O)c1c4c23.